The number of likely N-dealkylation sites (tertiary alicyclic amines) is 1. The number of H-pyrrole nitrogens is 1. The summed E-state index contributed by atoms with van der Waals surface area (Å²) in [5.74, 6) is -1.61. The smallest absolute Gasteiger partial charge is 0.212 e. The second-order valence-electron chi connectivity index (χ2n) is 9.61. The molecule has 6 nitrogen and oxygen atoms in total. The first-order valence-corrected chi connectivity index (χ1v) is 13.6. The van der Waals surface area contributed by atoms with E-state index < -0.39 is 33.7 Å². The van der Waals surface area contributed by atoms with Gasteiger partial charge in [-0.1, -0.05) is 18.2 Å². The number of halogens is 3. The Morgan fingerprint density at radius 2 is 1.83 bits per heavy atom. The van der Waals surface area contributed by atoms with E-state index in [1.54, 1.807) is 6.92 Å². The van der Waals surface area contributed by atoms with Crippen LogP contribution >= 0.6 is 0 Å². The van der Waals surface area contributed by atoms with Crippen LogP contribution in [0.15, 0.2) is 36.4 Å². The van der Waals surface area contributed by atoms with E-state index in [4.69, 9.17) is 0 Å². The SMILES string of the molecule is C[C@@H]1Cc2c([nH]c3ccccc23)[C@H](c2c(F)cc(NC3CN(CCCF)C3)cc2F)N1S(C)(=O)=O. The molecule has 1 aromatic heterocycles. The largest absolute Gasteiger partial charge is 0.380 e. The monoisotopic (exact) mass is 506 g/mol. The molecule has 0 saturated carbocycles. The van der Waals surface area contributed by atoms with Gasteiger partial charge in [0.1, 0.15) is 11.6 Å². The van der Waals surface area contributed by atoms with Gasteiger partial charge in [-0.3, -0.25) is 9.29 Å². The molecule has 0 unspecified atom stereocenters. The molecule has 1 saturated heterocycles. The van der Waals surface area contributed by atoms with Crippen LogP contribution in [0.5, 0.6) is 0 Å². The number of hydrogen-bond acceptors (Lipinski definition) is 4. The molecule has 3 aromatic rings. The Kier molecular flexibility index (Phi) is 6.31. The number of alkyl halides is 1. The molecule has 0 spiro atoms. The van der Waals surface area contributed by atoms with Crippen LogP contribution in [0.2, 0.25) is 0 Å². The van der Waals surface area contributed by atoms with Crippen molar-refractivity contribution in [3.63, 3.8) is 0 Å². The third kappa shape index (κ3) is 4.43. The molecule has 1 fully saturated rings. The Balaban J connectivity index is 1.52. The van der Waals surface area contributed by atoms with Crippen LogP contribution < -0.4 is 5.32 Å². The summed E-state index contributed by atoms with van der Waals surface area (Å²) in [6.45, 7) is 3.39. The second-order valence-corrected chi connectivity index (χ2v) is 11.5. The van der Waals surface area contributed by atoms with Gasteiger partial charge in [0.25, 0.3) is 0 Å². The van der Waals surface area contributed by atoms with Crippen molar-refractivity contribution in [1.29, 1.82) is 0 Å². The quantitative estimate of drug-likeness (QED) is 0.504. The van der Waals surface area contributed by atoms with Gasteiger partial charge in [-0.2, -0.15) is 4.31 Å². The Hall–Kier alpha value is -2.56. The zero-order chi connectivity index (χ0) is 24.9. The van der Waals surface area contributed by atoms with Gasteiger partial charge in [0.15, 0.2) is 0 Å². The van der Waals surface area contributed by atoms with Crippen LogP contribution in [-0.4, -0.2) is 67.3 Å². The van der Waals surface area contributed by atoms with Crippen LogP contribution in [0, 0.1) is 11.6 Å². The lowest BCUT2D eigenvalue weighted by Crippen LogP contribution is -2.54. The summed E-state index contributed by atoms with van der Waals surface area (Å²) < 4.78 is 70.4. The molecule has 2 atom stereocenters. The van der Waals surface area contributed by atoms with Gasteiger partial charge in [0, 0.05) is 53.5 Å². The summed E-state index contributed by atoms with van der Waals surface area (Å²) in [6, 6.07) is 8.39. The minimum atomic E-state index is -3.79. The molecule has 2 aromatic carbocycles. The van der Waals surface area contributed by atoms with Crippen LogP contribution in [0.3, 0.4) is 0 Å². The number of rotatable bonds is 7. The molecular weight excluding hydrogens is 477 g/mol. The Morgan fingerprint density at radius 1 is 1.14 bits per heavy atom. The number of anilines is 1. The van der Waals surface area contributed by atoms with Crippen molar-refractivity contribution in [2.45, 2.75) is 37.9 Å². The van der Waals surface area contributed by atoms with Crippen LogP contribution in [-0.2, 0) is 16.4 Å². The van der Waals surface area contributed by atoms with Crippen molar-refractivity contribution in [3.8, 4) is 0 Å². The lowest BCUT2D eigenvalue weighted by molar-refractivity contribution is 0.155. The molecule has 0 aliphatic carbocycles. The first-order valence-electron chi connectivity index (χ1n) is 11.8. The first kappa shape index (κ1) is 24.1. The number of aromatic amines is 1. The zero-order valence-corrected chi connectivity index (χ0v) is 20.5. The molecule has 0 bridgehead atoms. The Bertz CT molecular complexity index is 1330. The summed E-state index contributed by atoms with van der Waals surface area (Å²) >= 11 is 0. The molecule has 2 aliphatic heterocycles. The number of hydrogen-bond donors (Lipinski definition) is 2. The standard InChI is InChI=1S/C25H29F3N4O2S/c1-15-10-19-18-6-3-4-7-22(18)30-24(19)25(32(15)35(2,33)34)23-20(27)11-16(12-21(23)28)29-17-13-31(14-17)9-5-8-26/h3-4,6-7,11-12,15,17,25,29-30H,5,8-10,13-14H2,1-2H3/t15-,25+/m1/s1. The number of sulfonamides is 1. The van der Waals surface area contributed by atoms with Crippen LogP contribution in [0.4, 0.5) is 18.9 Å². The summed E-state index contributed by atoms with van der Waals surface area (Å²) in [6.07, 6.45) is 1.98. The van der Waals surface area contributed by atoms with Crippen molar-refractivity contribution in [3.05, 3.63) is 64.9 Å². The maximum atomic E-state index is 15.6. The van der Waals surface area contributed by atoms with Gasteiger partial charge in [-0.15, -0.1) is 0 Å². The molecule has 0 amide bonds. The van der Waals surface area contributed by atoms with E-state index in [0.717, 1.165) is 22.7 Å². The van der Waals surface area contributed by atoms with E-state index in [2.05, 4.69) is 15.2 Å². The molecule has 5 rings (SSSR count). The average Bonchev–Trinajstić information content (AvgIpc) is 3.12. The van der Waals surface area contributed by atoms with E-state index in [1.807, 2.05) is 24.3 Å². The van der Waals surface area contributed by atoms with E-state index in [9.17, 15) is 12.8 Å². The maximum Gasteiger partial charge on any atom is 0.212 e. The van der Waals surface area contributed by atoms with Gasteiger partial charge in [-0.25, -0.2) is 17.2 Å². The van der Waals surface area contributed by atoms with Gasteiger partial charge in [0.2, 0.25) is 10.0 Å². The Morgan fingerprint density at radius 3 is 2.49 bits per heavy atom. The van der Waals surface area contributed by atoms with Crippen molar-refractivity contribution >= 4 is 26.6 Å². The maximum absolute atomic E-state index is 15.6. The predicted molar refractivity (Wildman–Crippen MR) is 131 cm³/mol. The van der Waals surface area contributed by atoms with Gasteiger partial charge in [-0.05, 0) is 43.5 Å². The molecule has 2 N–H and O–H groups in total. The van der Waals surface area contributed by atoms with Crippen molar-refractivity contribution in [2.75, 3.05) is 37.9 Å². The normalized spacial score (nSPS) is 21.7. The highest BCUT2D eigenvalue weighted by atomic mass is 32.2. The summed E-state index contributed by atoms with van der Waals surface area (Å²) in [5, 5.41) is 4.06. The summed E-state index contributed by atoms with van der Waals surface area (Å²) in [5.41, 5.74) is 2.17. The predicted octanol–water partition coefficient (Wildman–Crippen LogP) is 4.20. The summed E-state index contributed by atoms with van der Waals surface area (Å²) in [7, 11) is -3.79. The summed E-state index contributed by atoms with van der Waals surface area (Å²) in [4.78, 5) is 5.31. The van der Waals surface area contributed by atoms with Crippen LogP contribution in [0.1, 0.15) is 36.2 Å². The van der Waals surface area contributed by atoms with Crippen molar-refractivity contribution < 1.29 is 21.6 Å². The lowest BCUT2D eigenvalue weighted by atomic mass is 9.90. The number of aromatic nitrogens is 1. The Labute approximate surface area is 203 Å². The van der Waals surface area contributed by atoms with E-state index >= 15 is 8.78 Å². The van der Waals surface area contributed by atoms with Gasteiger partial charge in [0.05, 0.1) is 25.0 Å². The number of nitrogens with zero attached hydrogens (tertiary/aromatic N) is 2. The average molecular weight is 507 g/mol. The van der Waals surface area contributed by atoms with E-state index in [1.165, 1.54) is 16.4 Å². The van der Waals surface area contributed by atoms with Gasteiger partial charge >= 0.3 is 0 Å². The van der Waals surface area contributed by atoms with Crippen molar-refractivity contribution in [1.82, 2.24) is 14.2 Å². The molecule has 188 valence electrons. The topological polar surface area (TPSA) is 68.4 Å². The number of para-hydroxylation sites is 1. The number of fused-ring (bicyclic) bond motifs is 3. The van der Waals surface area contributed by atoms with Crippen molar-refractivity contribution in [2.24, 2.45) is 0 Å². The fraction of sp³-hybridized carbons (Fsp3) is 0.440. The fourth-order valence-electron chi connectivity index (χ4n) is 5.52. The number of benzene rings is 2. The van der Waals surface area contributed by atoms with Gasteiger partial charge < -0.3 is 10.3 Å². The highest BCUT2D eigenvalue weighted by Gasteiger charge is 2.43. The first-order chi connectivity index (χ1) is 16.7. The third-order valence-corrected chi connectivity index (χ3v) is 8.32. The number of nitrogens with one attached hydrogen (secondary N) is 2. The second kappa shape index (κ2) is 9.15. The molecule has 0 radical (unpaired) electrons. The lowest BCUT2D eigenvalue weighted by Gasteiger charge is -2.40. The molecule has 10 heteroatoms. The molecular formula is C25H29F3N4O2S. The fourth-order valence-corrected chi connectivity index (χ4v) is 6.84. The third-order valence-electron chi connectivity index (χ3n) is 6.98. The van der Waals surface area contributed by atoms with E-state index in [0.29, 0.717) is 43.9 Å². The van der Waals surface area contributed by atoms with E-state index in [-0.39, 0.29) is 18.3 Å². The van der Waals surface area contributed by atoms with Crippen LogP contribution in [0.25, 0.3) is 10.9 Å². The molecule has 3 heterocycles. The minimum Gasteiger partial charge on any atom is -0.380 e. The molecule has 35 heavy (non-hydrogen) atoms. The highest BCUT2D eigenvalue weighted by molar-refractivity contribution is 7.88. The highest BCUT2D eigenvalue weighted by Crippen LogP contribution is 2.44. The zero-order valence-electron chi connectivity index (χ0n) is 19.7. The molecule has 2 aliphatic rings. The minimum absolute atomic E-state index is 0.0155.